The molecule has 0 unspecified atom stereocenters. The normalized spacial score (nSPS) is 15.9. The van der Waals surface area contributed by atoms with Crippen LogP contribution < -0.4 is 5.32 Å². The number of ether oxygens (including phenoxy) is 1. The van der Waals surface area contributed by atoms with E-state index in [1.54, 1.807) is 12.1 Å². The van der Waals surface area contributed by atoms with Crippen molar-refractivity contribution in [2.45, 2.75) is 37.8 Å². The molecule has 0 heterocycles. The van der Waals surface area contributed by atoms with Crippen molar-refractivity contribution in [1.82, 2.24) is 5.32 Å². The van der Waals surface area contributed by atoms with Gasteiger partial charge in [0.05, 0.1) is 12.1 Å². The third kappa shape index (κ3) is 4.89. The fourth-order valence-electron chi connectivity index (χ4n) is 3.17. The minimum Gasteiger partial charge on any atom is -0.368 e. The van der Waals surface area contributed by atoms with Crippen LogP contribution >= 0.6 is 15.9 Å². The van der Waals surface area contributed by atoms with E-state index in [0.29, 0.717) is 10.0 Å². The Morgan fingerprint density at radius 1 is 1.20 bits per heavy atom. The third-order valence-corrected chi connectivity index (χ3v) is 4.96. The van der Waals surface area contributed by atoms with E-state index in [9.17, 15) is 9.18 Å². The summed E-state index contributed by atoms with van der Waals surface area (Å²) in [6.07, 6.45) is 4.50. The minimum absolute atomic E-state index is 0.00610. The number of rotatable bonds is 6. The molecule has 2 aromatic carbocycles. The Hall–Kier alpha value is -1.72. The topological polar surface area (TPSA) is 38.3 Å². The van der Waals surface area contributed by atoms with E-state index in [1.165, 1.54) is 6.07 Å². The van der Waals surface area contributed by atoms with Gasteiger partial charge in [-0.2, -0.15) is 0 Å². The standard InChI is InChI=1S/C20H21BrFNO2/c21-15-10-11-17(18(22)12-15)20(14-6-2-1-3-7-14)23-19(24)13-25-16-8-4-5-9-16/h1-3,6-7,10-12,16,20H,4-5,8-9,13H2,(H,23,24)/t20-/m1/s1. The zero-order valence-electron chi connectivity index (χ0n) is 13.9. The number of hydrogen-bond donors (Lipinski definition) is 1. The number of carbonyl (C=O) groups excluding carboxylic acids is 1. The van der Waals surface area contributed by atoms with Crippen LogP contribution in [0.25, 0.3) is 0 Å². The first-order chi connectivity index (χ1) is 12.1. The fourth-order valence-corrected chi connectivity index (χ4v) is 3.51. The van der Waals surface area contributed by atoms with Gasteiger partial charge in [-0.25, -0.2) is 4.39 Å². The van der Waals surface area contributed by atoms with Gasteiger partial charge in [-0.15, -0.1) is 0 Å². The highest BCUT2D eigenvalue weighted by Gasteiger charge is 2.22. The molecular formula is C20H21BrFNO2. The van der Waals surface area contributed by atoms with Crippen molar-refractivity contribution in [1.29, 1.82) is 0 Å². The van der Waals surface area contributed by atoms with Crippen LogP contribution in [-0.4, -0.2) is 18.6 Å². The fraction of sp³-hybridized carbons (Fsp3) is 0.350. The van der Waals surface area contributed by atoms with Crippen LogP contribution in [0.3, 0.4) is 0 Å². The Balaban J connectivity index is 1.75. The van der Waals surface area contributed by atoms with Crippen LogP contribution in [0, 0.1) is 5.82 Å². The van der Waals surface area contributed by atoms with E-state index < -0.39 is 6.04 Å². The van der Waals surface area contributed by atoms with Crippen molar-refractivity contribution in [2.24, 2.45) is 0 Å². The highest BCUT2D eigenvalue weighted by Crippen LogP contribution is 2.27. The van der Waals surface area contributed by atoms with E-state index in [0.717, 1.165) is 31.2 Å². The zero-order chi connectivity index (χ0) is 17.6. The number of benzene rings is 2. The Morgan fingerprint density at radius 3 is 2.60 bits per heavy atom. The average molecular weight is 406 g/mol. The van der Waals surface area contributed by atoms with E-state index in [1.807, 2.05) is 30.3 Å². The molecule has 5 heteroatoms. The lowest BCUT2D eigenvalue weighted by atomic mass is 9.98. The van der Waals surface area contributed by atoms with Crippen LogP contribution in [-0.2, 0) is 9.53 Å². The highest BCUT2D eigenvalue weighted by atomic mass is 79.9. The largest absolute Gasteiger partial charge is 0.368 e. The van der Waals surface area contributed by atoms with Crippen molar-refractivity contribution in [3.8, 4) is 0 Å². The second kappa shape index (κ2) is 8.59. The van der Waals surface area contributed by atoms with Crippen molar-refractivity contribution in [3.05, 3.63) is 69.9 Å². The predicted molar refractivity (Wildman–Crippen MR) is 98.7 cm³/mol. The summed E-state index contributed by atoms with van der Waals surface area (Å²) in [7, 11) is 0. The van der Waals surface area contributed by atoms with Crippen molar-refractivity contribution < 1.29 is 13.9 Å². The lowest BCUT2D eigenvalue weighted by Crippen LogP contribution is -2.33. The lowest BCUT2D eigenvalue weighted by Gasteiger charge is -2.21. The molecule has 0 aliphatic heterocycles. The first kappa shape index (κ1) is 18.1. The summed E-state index contributed by atoms with van der Waals surface area (Å²) in [4.78, 5) is 12.4. The number of nitrogens with one attached hydrogen (secondary N) is 1. The van der Waals surface area contributed by atoms with Crippen molar-refractivity contribution in [2.75, 3.05) is 6.61 Å². The van der Waals surface area contributed by atoms with Crippen LogP contribution in [0.2, 0.25) is 0 Å². The van der Waals surface area contributed by atoms with Gasteiger partial charge in [0, 0.05) is 10.0 Å². The lowest BCUT2D eigenvalue weighted by molar-refractivity contribution is -0.128. The Morgan fingerprint density at radius 2 is 1.92 bits per heavy atom. The summed E-state index contributed by atoms with van der Waals surface area (Å²) >= 11 is 3.27. The molecule has 0 aromatic heterocycles. The summed E-state index contributed by atoms with van der Waals surface area (Å²) < 4.78 is 20.8. The number of amides is 1. The van der Waals surface area contributed by atoms with Crippen LogP contribution in [0.1, 0.15) is 42.9 Å². The molecule has 0 bridgehead atoms. The number of hydrogen-bond acceptors (Lipinski definition) is 2. The summed E-state index contributed by atoms with van der Waals surface area (Å²) in [6, 6.07) is 13.7. The molecule has 132 valence electrons. The zero-order valence-corrected chi connectivity index (χ0v) is 15.5. The van der Waals surface area contributed by atoms with Gasteiger partial charge < -0.3 is 10.1 Å². The second-order valence-corrected chi connectivity index (χ2v) is 7.21. The molecule has 2 aromatic rings. The summed E-state index contributed by atoms with van der Waals surface area (Å²) in [5, 5.41) is 2.91. The molecule has 0 saturated heterocycles. The van der Waals surface area contributed by atoms with Crippen molar-refractivity contribution in [3.63, 3.8) is 0 Å². The Bertz CT molecular complexity index is 717. The molecule has 3 nitrogen and oxygen atoms in total. The molecule has 0 spiro atoms. The maximum Gasteiger partial charge on any atom is 0.246 e. The monoisotopic (exact) mass is 405 g/mol. The molecule has 1 amide bonds. The molecule has 3 rings (SSSR count). The van der Waals surface area contributed by atoms with Crippen molar-refractivity contribution >= 4 is 21.8 Å². The molecule has 1 fully saturated rings. The molecule has 25 heavy (non-hydrogen) atoms. The minimum atomic E-state index is -0.547. The SMILES string of the molecule is O=C(COC1CCCC1)N[C@H](c1ccccc1)c1ccc(Br)cc1F. The van der Waals surface area contributed by atoms with E-state index in [4.69, 9.17) is 4.74 Å². The molecule has 1 N–H and O–H groups in total. The van der Waals surface area contributed by atoms with Crippen LogP contribution in [0.15, 0.2) is 53.0 Å². The summed E-state index contributed by atoms with van der Waals surface area (Å²) in [5.41, 5.74) is 1.27. The van der Waals surface area contributed by atoms with Crippen LogP contribution in [0.5, 0.6) is 0 Å². The van der Waals surface area contributed by atoms with Gasteiger partial charge >= 0.3 is 0 Å². The van der Waals surface area contributed by atoms with E-state index >= 15 is 0 Å². The first-order valence-corrected chi connectivity index (χ1v) is 9.33. The maximum atomic E-state index is 14.5. The Kier molecular flexibility index (Phi) is 6.21. The number of carbonyl (C=O) groups is 1. The molecule has 1 saturated carbocycles. The molecule has 0 radical (unpaired) electrons. The van der Waals surface area contributed by atoms with E-state index in [2.05, 4.69) is 21.2 Å². The van der Waals surface area contributed by atoms with Gasteiger partial charge in [-0.3, -0.25) is 4.79 Å². The quantitative estimate of drug-likeness (QED) is 0.752. The maximum absolute atomic E-state index is 14.5. The molecule has 1 aliphatic carbocycles. The predicted octanol–water partition coefficient (Wildman–Crippen LogP) is 4.75. The van der Waals surface area contributed by atoms with Gasteiger partial charge in [0.25, 0.3) is 0 Å². The van der Waals surface area contributed by atoms with E-state index in [-0.39, 0.29) is 24.4 Å². The molecule has 1 atom stereocenters. The van der Waals surface area contributed by atoms with Gasteiger partial charge in [0.15, 0.2) is 0 Å². The first-order valence-electron chi connectivity index (χ1n) is 8.54. The smallest absolute Gasteiger partial charge is 0.246 e. The van der Waals surface area contributed by atoms with Gasteiger partial charge in [0.1, 0.15) is 12.4 Å². The van der Waals surface area contributed by atoms with Crippen LogP contribution in [0.4, 0.5) is 4.39 Å². The summed E-state index contributed by atoms with van der Waals surface area (Å²) in [5.74, 6) is -0.594. The van der Waals surface area contributed by atoms with Gasteiger partial charge in [-0.05, 0) is 30.5 Å². The van der Waals surface area contributed by atoms with Gasteiger partial charge in [0.2, 0.25) is 5.91 Å². The van der Waals surface area contributed by atoms with Gasteiger partial charge in [-0.1, -0.05) is 65.2 Å². The highest BCUT2D eigenvalue weighted by molar-refractivity contribution is 9.10. The Labute approximate surface area is 155 Å². The molecule has 1 aliphatic rings. The summed E-state index contributed by atoms with van der Waals surface area (Å²) in [6.45, 7) is 0.00610. The molecular weight excluding hydrogens is 385 g/mol. The number of halogens is 2. The third-order valence-electron chi connectivity index (χ3n) is 4.46. The average Bonchev–Trinajstić information content (AvgIpc) is 3.13. The second-order valence-electron chi connectivity index (χ2n) is 6.29.